The zero-order valence-electron chi connectivity index (χ0n) is 12.9. The SMILES string of the molecule is O=C(Oc1c2ccccc2c(OC(=O)C(Cl)Cl)c2ccccc12)C(Cl)Cl. The molecule has 0 fully saturated rings. The van der Waals surface area contributed by atoms with Gasteiger partial charge in [0.25, 0.3) is 0 Å². The molecule has 0 radical (unpaired) electrons. The normalized spacial score (nSPS) is 11.3. The van der Waals surface area contributed by atoms with E-state index in [0.29, 0.717) is 21.5 Å². The summed E-state index contributed by atoms with van der Waals surface area (Å²) in [6, 6.07) is 13.9. The second-order valence-corrected chi connectivity index (χ2v) is 7.39. The van der Waals surface area contributed by atoms with Gasteiger partial charge in [0.1, 0.15) is 11.5 Å². The molecule has 26 heavy (non-hydrogen) atoms. The highest BCUT2D eigenvalue weighted by atomic mass is 35.5. The molecule has 0 heterocycles. The fourth-order valence-electron chi connectivity index (χ4n) is 2.56. The summed E-state index contributed by atoms with van der Waals surface area (Å²) in [4.78, 5) is 21.2. The van der Waals surface area contributed by atoms with E-state index >= 15 is 0 Å². The Morgan fingerprint density at radius 2 is 0.885 bits per heavy atom. The molecule has 0 unspecified atom stereocenters. The Kier molecular flexibility index (Phi) is 5.78. The Balaban J connectivity index is 2.31. The number of fused-ring (bicyclic) bond motifs is 2. The molecule has 0 amide bonds. The Morgan fingerprint density at radius 1 is 0.615 bits per heavy atom. The highest BCUT2D eigenvalue weighted by Gasteiger charge is 2.23. The molecule has 4 nitrogen and oxygen atoms in total. The van der Waals surface area contributed by atoms with Crippen molar-refractivity contribution in [3.8, 4) is 11.5 Å². The van der Waals surface area contributed by atoms with Crippen molar-refractivity contribution in [2.75, 3.05) is 0 Å². The van der Waals surface area contributed by atoms with Gasteiger partial charge in [-0.2, -0.15) is 0 Å². The Labute approximate surface area is 168 Å². The average Bonchev–Trinajstić information content (AvgIpc) is 2.63. The van der Waals surface area contributed by atoms with E-state index in [4.69, 9.17) is 55.9 Å². The van der Waals surface area contributed by atoms with Crippen LogP contribution in [0.2, 0.25) is 0 Å². The van der Waals surface area contributed by atoms with Crippen molar-refractivity contribution < 1.29 is 19.1 Å². The van der Waals surface area contributed by atoms with Crippen molar-refractivity contribution in [3.63, 3.8) is 0 Å². The smallest absolute Gasteiger partial charge is 0.344 e. The number of hydrogen-bond donors (Lipinski definition) is 0. The van der Waals surface area contributed by atoms with E-state index in [0.717, 1.165) is 0 Å². The minimum atomic E-state index is -1.33. The van der Waals surface area contributed by atoms with Gasteiger partial charge in [-0.3, -0.25) is 0 Å². The van der Waals surface area contributed by atoms with Gasteiger partial charge in [-0.15, -0.1) is 0 Å². The lowest BCUT2D eigenvalue weighted by Gasteiger charge is -2.16. The van der Waals surface area contributed by atoms with Crippen LogP contribution in [-0.4, -0.2) is 21.6 Å². The molecule has 0 aliphatic heterocycles. The van der Waals surface area contributed by atoms with Crippen molar-refractivity contribution in [2.45, 2.75) is 9.67 Å². The summed E-state index contributed by atoms with van der Waals surface area (Å²) in [7, 11) is 0. The third kappa shape index (κ3) is 3.69. The van der Waals surface area contributed by atoms with Crippen molar-refractivity contribution >= 4 is 79.9 Å². The molecule has 3 rings (SSSR count). The zero-order valence-corrected chi connectivity index (χ0v) is 15.9. The summed E-state index contributed by atoms with van der Waals surface area (Å²) in [6.07, 6.45) is 0. The van der Waals surface area contributed by atoms with Gasteiger partial charge in [0.2, 0.25) is 9.67 Å². The second-order valence-electron chi connectivity index (χ2n) is 5.19. The summed E-state index contributed by atoms with van der Waals surface area (Å²) >= 11 is 22.4. The standard InChI is InChI=1S/C18H10Cl4O4/c19-15(20)17(23)25-13-9-5-1-2-6-10(9)14(26-18(24)16(21)22)12-8-4-3-7-11(12)13/h1-8,15-16H. The maximum absolute atomic E-state index is 11.9. The maximum atomic E-state index is 11.9. The highest BCUT2D eigenvalue weighted by Crippen LogP contribution is 2.43. The summed E-state index contributed by atoms with van der Waals surface area (Å²) in [5.41, 5.74) is 0. The predicted octanol–water partition coefficient (Wildman–Crippen LogP) is 5.41. The minimum Gasteiger partial charge on any atom is -0.423 e. The quantitative estimate of drug-likeness (QED) is 0.240. The number of hydrogen-bond acceptors (Lipinski definition) is 4. The lowest BCUT2D eigenvalue weighted by molar-refractivity contribution is -0.133. The van der Waals surface area contributed by atoms with E-state index in [-0.39, 0.29) is 11.5 Å². The fraction of sp³-hybridized carbons (Fsp3) is 0.111. The largest absolute Gasteiger partial charge is 0.423 e. The van der Waals surface area contributed by atoms with Gasteiger partial charge < -0.3 is 9.47 Å². The van der Waals surface area contributed by atoms with Gasteiger partial charge in [0.15, 0.2) is 0 Å². The van der Waals surface area contributed by atoms with Gasteiger partial charge in [0.05, 0.1) is 0 Å². The van der Waals surface area contributed by atoms with Crippen molar-refractivity contribution in [2.24, 2.45) is 0 Å². The van der Waals surface area contributed by atoms with Crippen LogP contribution in [0.3, 0.4) is 0 Å². The molecule has 0 atom stereocenters. The number of halogens is 4. The van der Waals surface area contributed by atoms with Gasteiger partial charge >= 0.3 is 11.9 Å². The van der Waals surface area contributed by atoms with Crippen molar-refractivity contribution in [1.29, 1.82) is 0 Å². The summed E-state index contributed by atoms with van der Waals surface area (Å²) in [6.45, 7) is 0. The molecule has 0 saturated carbocycles. The number of ether oxygens (including phenoxy) is 2. The molecule has 8 heteroatoms. The van der Waals surface area contributed by atoms with E-state index in [9.17, 15) is 9.59 Å². The van der Waals surface area contributed by atoms with Gasteiger partial charge in [-0.25, -0.2) is 9.59 Å². The molecule has 0 bridgehead atoms. The highest BCUT2D eigenvalue weighted by molar-refractivity contribution is 6.53. The van der Waals surface area contributed by atoms with E-state index in [2.05, 4.69) is 0 Å². The first kappa shape index (κ1) is 19.1. The van der Waals surface area contributed by atoms with E-state index in [1.54, 1.807) is 48.5 Å². The fourth-order valence-corrected chi connectivity index (χ4v) is 2.74. The number of alkyl halides is 4. The molecule has 134 valence electrons. The molecule has 0 N–H and O–H groups in total. The van der Waals surface area contributed by atoms with Crippen molar-refractivity contribution in [1.82, 2.24) is 0 Å². The summed E-state index contributed by atoms with van der Waals surface area (Å²) in [5, 5.41) is 2.16. The molecular weight excluding hydrogens is 422 g/mol. The molecular formula is C18H10Cl4O4. The summed E-state index contributed by atoms with van der Waals surface area (Å²) < 4.78 is 10.8. The number of esters is 2. The second kappa shape index (κ2) is 7.89. The van der Waals surface area contributed by atoms with Gasteiger partial charge in [-0.05, 0) is 0 Å². The molecule has 0 aromatic heterocycles. The van der Waals surface area contributed by atoms with Gasteiger partial charge in [0, 0.05) is 21.5 Å². The van der Waals surface area contributed by atoms with Crippen LogP contribution in [0.15, 0.2) is 48.5 Å². The van der Waals surface area contributed by atoms with Crippen LogP contribution in [-0.2, 0) is 9.59 Å². The van der Waals surface area contributed by atoms with E-state index < -0.39 is 21.6 Å². The molecule has 0 spiro atoms. The third-order valence-electron chi connectivity index (χ3n) is 3.59. The third-order valence-corrected chi connectivity index (χ3v) is 4.31. The number of benzene rings is 3. The summed E-state index contributed by atoms with van der Waals surface area (Å²) in [5.74, 6) is -1.09. The molecule has 0 aliphatic carbocycles. The van der Waals surface area contributed by atoms with Crippen LogP contribution in [0.1, 0.15) is 0 Å². The molecule has 0 aliphatic rings. The van der Waals surface area contributed by atoms with Crippen LogP contribution in [0.5, 0.6) is 11.5 Å². The maximum Gasteiger partial charge on any atom is 0.344 e. The number of rotatable bonds is 4. The zero-order chi connectivity index (χ0) is 18.8. The van der Waals surface area contributed by atoms with Crippen LogP contribution in [0, 0.1) is 0 Å². The monoisotopic (exact) mass is 430 g/mol. The van der Waals surface area contributed by atoms with Crippen molar-refractivity contribution in [3.05, 3.63) is 48.5 Å². The Bertz CT molecular complexity index is 864. The van der Waals surface area contributed by atoms with Crippen LogP contribution >= 0.6 is 46.4 Å². The minimum absolute atomic E-state index is 0.264. The first-order chi connectivity index (χ1) is 12.4. The van der Waals surface area contributed by atoms with Crippen LogP contribution in [0.4, 0.5) is 0 Å². The molecule has 3 aromatic rings. The Hall–Kier alpha value is -1.72. The molecule has 3 aromatic carbocycles. The lowest BCUT2D eigenvalue weighted by atomic mass is 10.0. The Morgan fingerprint density at radius 3 is 1.12 bits per heavy atom. The van der Waals surface area contributed by atoms with Crippen LogP contribution < -0.4 is 9.47 Å². The first-order valence-corrected chi connectivity index (χ1v) is 9.08. The van der Waals surface area contributed by atoms with E-state index in [1.807, 2.05) is 0 Å². The average molecular weight is 432 g/mol. The van der Waals surface area contributed by atoms with Crippen LogP contribution in [0.25, 0.3) is 21.5 Å². The topological polar surface area (TPSA) is 52.6 Å². The first-order valence-electron chi connectivity index (χ1n) is 7.33. The lowest BCUT2D eigenvalue weighted by Crippen LogP contribution is -2.17. The number of carbonyl (C=O) groups is 2. The molecule has 0 saturated heterocycles. The van der Waals surface area contributed by atoms with E-state index in [1.165, 1.54) is 0 Å². The predicted molar refractivity (Wildman–Crippen MR) is 104 cm³/mol. The van der Waals surface area contributed by atoms with Gasteiger partial charge in [-0.1, -0.05) is 94.9 Å². The number of carbonyl (C=O) groups excluding carboxylic acids is 2.